The smallest absolute Gasteiger partial charge is 0.324 e. The number of hydrogen-bond acceptors (Lipinski definition) is 3. The molecule has 1 aromatic carbocycles. The number of nitrogens with zero attached hydrogens (tertiary/aromatic N) is 2. The molecule has 1 unspecified atom stereocenters. The highest BCUT2D eigenvalue weighted by molar-refractivity contribution is 5.97. The van der Waals surface area contributed by atoms with E-state index in [1.54, 1.807) is 41.1 Å². The molecule has 1 heterocycles. The van der Waals surface area contributed by atoms with E-state index < -0.39 is 0 Å². The van der Waals surface area contributed by atoms with Gasteiger partial charge in [-0.2, -0.15) is 0 Å². The highest BCUT2D eigenvalue weighted by Crippen LogP contribution is 2.23. The van der Waals surface area contributed by atoms with E-state index in [1.807, 2.05) is 0 Å². The van der Waals surface area contributed by atoms with E-state index in [-0.39, 0.29) is 23.8 Å². The van der Waals surface area contributed by atoms with Gasteiger partial charge in [0.1, 0.15) is 0 Å². The second kappa shape index (κ2) is 5.95. The van der Waals surface area contributed by atoms with E-state index in [4.69, 9.17) is 0 Å². The fraction of sp³-hybridized carbons (Fsp3) is 0.400. The normalized spacial score (nSPS) is 18.0. The Balaban J connectivity index is 2.11. The van der Waals surface area contributed by atoms with Crippen LogP contribution in [0.2, 0.25) is 0 Å². The molecule has 1 fully saturated rings. The number of anilines is 1. The van der Waals surface area contributed by atoms with Crippen molar-refractivity contribution in [3.63, 3.8) is 0 Å². The van der Waals surface area contributed by atoms with Crippen LogP contribution in [0.1, 0.15) is 24.2 Å². The molecule has 6 heteroatoms. The van der Waals surface area contributed by atoms with Gasteiger partial charge in [-0.25, -0.2) is 4.79 Å². The SMILES string of the molecule is CC(=O)NCC1CN(c2ccc(C(C)=O)cc2)C(=O)N1C. The van der Waals surface area contributed by atoms with Gasteiger partial charge in [0.2, 0.25) is 5.91 Å². The minimum Gasteiger partial charge on any atom is -0.354 e. The Labute approximate surface area is 123 Å². The van der Waals surface area contributed by atoms with Crippen LogP contribution in [0, 0.1) is 0 Å². The zero-order chi connectivity index (χ0) is 15.6. The van der Waals surface area contributed by atoms with E-state index in [9.17, 15) is 14.4 Å². The average Bonchev–Trinajstić information content (AvgIpc) is 2.73. The summed E-state index contributed by atoms with van der Waals surface area (Å²) in [6.45, 7) is 3.90. The number of likely N-dealkylation sites (N-methyl/N-ethyl adjacent to an activating group) is 1. The van der Waals surface area contributed by atoms with Crippen LogP contribution in [0.5, 0.6) is 0 Å². The molecule has 1 N–H and O–H groups in total. The number of Topliss-reactive ketones (excluding diaryl/α,β-unsaturated/α-hetero) is 1. The average molecular weight is 289 g/mol. The molecule has 0 aromatic heterocycles. The monoisotopic (exact) mass is 289 g/mol. The first-order valence-corrected chi connectivity index (χ1v) is 6.80. The van der Waals surface area contributed by atoms with Crippen molar-refractivity contribution in [2.45, 2.75) is 19.9 Å². The number of rotatable bonds is 4. The summed E-state index contributed by atoms with van der Waals surface area (Å²) in [4.78, 5) is 37.8. The van der Waals surface area contributed by atoms with Gasteiger partial charge in [0, 0.05) is 38.3 Å². The number of benzene rings is 1. The van der Waals surface area contributed by atoms with Gasteiger partial charge in [0.05, 0.1) is 6.04 Å². The molecule has 1 saturated heterocycles. The summed E-state index contributed by atoms with van der Waals surface area (Å²) in [5.41, 5.74) is 1.37. The summed E-state index contributed by atoms with van der Waals surface area (Å²) in [7, 11) is 1.72. The first-order valence-electron chi connectivity index (χ1n) is 6.80. The Morgan fingerprint density at radius 3 is 2.38 bits per heavy atom. The van der Waals surface area contributed by atoms with Gasteiger partial charge in [0.25, 0.3) is 0 Å². The quantitative estimate of drug-likeness (QED) is 0.849. The van der Waals surface area contributed by atoms with Crippen LogP contribution in [-0.4, -0.2) is 48.8 Å². The molecule has 2 rings (SSSR count). The van der Waals surface area contributed by atoms with E-state index in [0.29, 0.717) is 18.7 Å². The molecule has 1 aliphatic rings. The van der Waals surface area contributed by atoms with Crippen molar-refractivity contribution in [1.82, 2.24) is 10.2 Å². The Morgan fingerprint density at radius 1 is 1.24 bits per heavy atom. The van der Waals surface area contributed by atoms with Crippen molar-refractivity contribution >= 4 is 23.4 Å². The van der Waals surface area contributed by atoms with Crippen LogP contribution in [0.15, 0.2) is 24.3 Å². The number of carbonyl (C=O) groups is 3. The van der Waals surface area contributed by atoms with E-state index in [1.165, 1.54) is 13.8 Å². The summed E-state index contributed by atoms with van der Waals surface area (Å²) < 4.78 is 0. The molecule has 0 saturated carbocycles. The largest absolute Gasteiger partial charge is 0.354 e. The molecule has 1 atom stereocenters. The van der Waals surface area contributed by atoms with Gasteiger partial charge in [-0.1, -0.05) is 0 Å². The highest BCUT2D eigenvalue weighted by atomic mass is 16.2. The fourth-order valence-electron chi connectivity index (χ4n) is 2.31. The summed E-state index contributed by atoms with van der Waals surface area (Å²) >= 11 is 0. The van der Waals surface area contributed by atoms with E-state index >= 15 is 0 Å². The van der Waals surface area contributed by atoms with Gasteiger partial charge in [0.15, 0.2) is 5.78 Å². The minimum absolute atomic E-state index is 0.00467. The van der Waals surface area contributed by atoms with Crippen molar-refractivity contribution in [3.8, 4) is 0 Å². The molecule has 1 aliphatic heterocycles. The van der Waals surface area contributed by atoms with Crippen molar-refractivity contribution in [3.05, 3.63) is 29.8 Å². The third-order valence-corrected chi connectivity index (χ3v) is 3.65. The number of amides is 3. The standard InChI is InChI=1S/C15H19N3O3/c1-10(19)12-4-6-13(7-5-12)18-9-14(8-16-11(2)20)17(3)15(18)21/h4-7,14H,8-9H2,1-3H3,(H,16,20). The maximum atomic E-state index is 12.3. The molecule has 0 radical (unpaired) electrons. The molecule has 1 aromatic rings. The summed E-state index contributed by atoms with van der Waals surface area (Å²) in [6, 6.07) is 6.79. The zero-order valence-corrected chi connectivity index (χ0v) is 12.4. The molecule has 0 spiro atoms. The lowest BCUT2D eigenvalue weighted by atomic mass is 10.1. The Morgan fingerprint density at radius 2 is 1.86 bits per heavy atom. The summed E-state index contributed by atoms with van der Waals surface area (Å²) in [5, 5.41) is 2.73. The van der Waals surface area contributed by atoms with Crippen molar-refractivity contribution < 1.29 is 14.4 Å². The van der Waals surface area contributed by atoms with E-state index in [0.717, 1.165) is 5.69 Å². The van der Waals surface area contributed by atoms with Gasteiger partial charge in [-0.3, -0.25) is 14.5 Å². The van der Waals surface area contributed by atoms with Crippen molar-refractivity contribution in [1.29, 1.82) is 0 Å². The summed E-state index contributed by atoms with van der Waals surface area (Å²) in [6.07, 6.45) is 0. The number of carbonyl (C=O) groups excluding carboxylic acids is 3. The molecular weight excluding hydrogens is 270 g/mol. The second-order valence-electron chi connectivity index (χ2n) is 5.20. The zero-order valence-electron chi connectivity index (χ0n) is 12.4. The number of ketones is 1. The Hall–Kier alpha value is -2.37. The third-order valence-electron chi connectivity index (χ3n) is 3.65. The third kappa shape index (κ3) is 3.21. The fourth-order valence-corrected chi connectivity index (χ4v) is 2.31. The van der Waals surface area contributed by atoms with Crippen LogP contribution in [0.25, 0.3) is 0 Å². The molecule has 0 bridgehead atoms. The van der Waals surface area contributed by atoms with E-state index in [2.05, 4.69) is 5.32 Å². The van der Waals surface area contributed by atoms with Gasteiger partial charge < -0.3 is 10.2 Å². The first-order chi connectivity index (χ1) is 9.90. The molecular formula is C15H19N3O3. The maximum absolute atomic E-state index is 12.3. The lowest BCUT2D eigenvalue weighted by molar-refractivity contribution is -0.119. The maximum Gasteiger partial charge on any atom is 0.324 e. The van der Waals surface area contributed by atoms with Gasteiger partial charge in [-0.15, -0.1) is 0 Å². The van der Waals surface area contributed by atoms with Crippen LogP contribution >= 0.6 is 0 Å². The predicted octanol–water partition coefficient (Wildman–Crippen LogP) is 1.27. The number of hydrogen-bond donors (Lipinski definition) is 1. The van der Waals surface area contributed by atoms with Crippen LogP contribution < -0.4 is 10.2 Å². The van der Waals surface area contributed by atoms with Gasteiger partial charge >= 0.3 is 6.03 Å². The Bertz CT molecular complexity index is 568. The van der Waals surface area contributed by atoms with Crippen molar-refractivity contribution in [2.24, 2.45) is 0 Å². The molecule has 3 amide bonds. The lowest BCUT2D eigenvalue weighted by Crippen LogP contribution is -2.39. The van der Waals surface area contributed by atoms with Crippen LogP contribution in [-0.2, 0) is 4.79 Å². The second-order valence-corrected chi connectivity index (χ2v) is 5.20. The predicted molar refractivity (Wildman–Crippen MR) is 79.4 cm³/mol. The minimum atomic E-state index is -0.111. The van der Waals surface area contributed by atoms with Gasteiger partial charge in [-0.05, 0) is 31.2 Å². The van der Waals surface area contributed by atoms with Crippen LogP contribution in [0.4, 0.5) is 10.5 Å². The molecule has 0 aliphatic carbocycles. The lowest BCUT2D eigenvalue weighted by Gasteiger charge is -2.17. The topological polar surface area (TPSA) is 69.7 Å². The van der Waals surface area contributed by atoms with Crippen molar-refractivity contribution in [2.75, 3.05) is 25.0 Å². The first kappa shape index (κ1) is 15.0. The number of nitrogens with one attached hydrogen (secondary N) is 1. The molecule has 112 valence electrons. The highest BCUT2D eigenvalue weighted by Gasteiger charge is 2.35. The summed E-state index contributed by atoms with van der Waals surface area (Å²) in [5.74, 6) is -0.116. The van der Waals surface area contributed by atoms with Crippen LogP contribution in [0.3, 0.4) is 0 Å². The molecule has 6 nitrogen and oxygen atoms in total. The molecule has 21 heavy (non-hydrogen) atoms. The number of urea groups is 1. The Kier molecular flexibility index (Phi) is 4.26.